The van der Waals surface area contributed by atoms with E-state index in [9.17, 15) is 14.7 Å². The van der Waals surface area contributed by atoms with E-state index in [1.807, 2.05) is 24.3 Å². The molecule has 0 radical (unpaired) electrons. The molecule has 0 atom stereocenters. The fraction of sp³-hybridized carbons (Fsp3) is 0.176. The van der Waals surface area contributed by atoms with Crippen LogP contribution in [0.4, 0.5) is 0 Å². The van der Waals surface area contributed by atoms with Gasteiger partial charge in [0.25, 0.3) is 0 Å². The second kappa shape index (κ2) is 4.67. The molecule has 0 unspecified atom stereocenters. The average Bonchev–Trinajstić information content (AvgIpc) is 2.47. The van der Waals surface area contributed by atoms with Crippen LogP contribution < -0.4 is 10.5 Å². The van der Waals surface area contributed by atoms with E-state index in [-0.39, 0.29) is 5.43 Å². The predicted octanol–water partition coefficient (Wildman–Crippen LogP) is 2.44. The molecule has 4 heteroatoms. The molecule has 3 rings (SSSR count). The minimum absolute atomic E-state index is 0.0599. The Balaban J connectivity index is 2.37. The van der Waals surface area contributed by atoms with Gasteiger partial charge in [0.2, 0.25) is 0 Å². The largest absolute Gasteiger partial charge is 0.549 e. The summed E-state index contributed by atoms with van der Waals surface area (Å²) in [5.41, 5.74) is -0.610. The van der Waals surface area contributed by atoms with E-state index in [0.29, 0.717) is 16.3 Å². The third-order valence-electron chi connectivity index (χ3n) is 3.81. The number of carbonyl (C=O) groups excluding carboxylic acids is 1. The van der Waals surface area contributed by atoms with Crippen molar-refractivity contribution in [3.8, 4) is 0 Å². The molecule has 0 aliphatic rings. The van der Waals surface area contributed by atoms with Gasteiger partial charge in [0.1, 0.15) is 0 Å². The molecule has 3 nitrogen and oxygen atoms in total. The van der Waals surface area contributed by atoms with Gasteiger partial charge >= 0.3 is 0 Å². The first-order valence-corrected chi connectivity index (χ1v) is 7.40. The standard InChI is InChI=1S/C17H14O3S/c1-17(2,16(19)20)10-7-8-14-12(9-10)15(18)11-5-3-4-6-13(11)21-14/h3-9H,1-2H3,(H,19,20)/p-1. The monoisotopic (exact) mass is 297 g/mol. The number of fused-ring (bicyclic) bond motifs is 2. The van der Waals surface area contributed by atoms with Crippen LogP contribution in [0.3, 0.4) is 0 Å². The zero-order chi connectivity index (χ0) is 15.2. The summed E-state index contributed by atoms with van der Waals surface area (Å²) >= 11 is 1.53. The highest BCUT2D eigenvalue weighted by molar-refractivity contribution is 7.24. The van der Waals surface area contributed by atoms with Gasteiger partial charge in [0.05, 0.1) is 5.97 Å². The normalized spacial score (nSPS) is 11.9. The average molecular weight is 297 g/mol. The van der Waals surface area contributed by atoms with Gasteiger partial charge < -0.3 is 9.90 Å². The lowest BCUT2D eigenvalue weighted by atomic mass is 9.84. The molecule has 21 heavy (non-hydrogen) atoms. The Bertz CT molecular complexity index is 922. The first-order chi connectivity index (χ1) is 9.91. The second-order valence-corrected chi connectivity index (χ2v) is 6.63. The minimum atomic E-state index is -1.15. The number of aliphatic carboxylic acids is 1. The van der Waals surface area contributed by atoms with Crippen molar-refractivity contribution in [3.05, 3.63) is 58.3 Å². The Morgan fingerprint density at radius 3 is 2.43 bits per heavy atom. The van der Waals surface area contributed by atoms with E-state index in [1.165, 1.54) is 11.3 Å². The Kier molecular flexibility index (Phi) is 3.06. The number of carboxylic acids is 1. The zero-order valence-electron chi connectivity index (χ0n) is 11.7. The smallest absolute Gasteiger partial charge is 0.195 e. The molecule has 0 fully saturated rings. The van der Waals surface area contributed by atoms with E-state index in [4.69, 9.17) is 0 Å². The summed E-state index contributed by atoms with van der Waals surface area (Å²) in [5.74, 6) is -1.15. The highest BCUT2D eigenvalue weighted by atomic mass is 32.1. The molecule has 106 valence electrons. The van der Waals surface area contributed by atoms with Crippen LogP contribution in [-0.2, 0) is 10.2 Å². The molecule has 0 aliphatic carbocycles. The van der Waals surface area contributed by atoms with Gasteiger partial charge in [0.15, 0.2) is 5.43 Å². The summed E-state index contributed by atoms with van der Waals surface area (Å²) in [7, 11) is 0. The van der Waals surface area contributed by atoms with Crippen molar-refractivity contribution < 1.29 is 9.90 Å². The summed E-state index contributed by atoms with van der Waals surface area (Å²) < 4.78 is 1.79. The SMILES string of the molecule is CC(C)(C(=O)[O-])c1ccc2sc3ccccc3c(=O)c2c1. The van der Waals surface area contributed by atoms with Crippen molar-refractivity contribution in [2.24, 2.45) is 0 Å². The van der Waals surface area contributed by atoms with Gasteiger partial charge in [-0.25, -0.2) is 0 Å². The van der Waals surface area contributed by atoms with Crippen LogP contribution in [0.15, 0.2) is 47.3 Å². The third-order valence-corrected chi connectivity index (χ3v) is 4.96. The molecular weight excluding hydrogens is 284 g/mol. The summed E-state index contributed by atoms with van der Waals surface area (Å²) in [6.45, 7) is 3.16. The van der Waals surface area contributed by atoms with Gasteiger partial charge in [-0.05, 0) is 29.8 Å². The highest BCUT2D eigenvalue weighted by Crippen LogP contribution is 2.29. The Labute approximate surface area is 125 Å². The number of carbonyl (C=O) groups is 1. The van der Waals surface area contributed by atoms with Crippen molar-refractivity contribution >= 4 is 37.5 Å². The third kappa shape index (κ3) is 2.12. The number of carboxylic acid groups (broad SMARTS) is 1. The van der Waals surface area contributed by atoms with Gasteiger partial charge in [-0.3, -0.25) is 4.79 Å². The second-order valence-electron chi connectivity index (χ2n) is 5.55. The number of hydrogen-bond donors (Lipinski definition) is 0. The molecule has 1 heterocycles. The molecule has 2 aromatic carbocycles. The number of rotatable bonds is 2. The van der Waals surface area contributed by atoms with E-state index < -0.39 is 11.4 Å². The predicted molar refractivity (Wildman–Crippen MR) is 83.6 cm³/mol. The summed E-state index contributed by atoms with van der Waals surface area (Å²) in [6.07, 6.45) is 0. The molecule has 3 aromatic rings. The maximum Gasteiger partial charge on any atom is 0.195 e. The number of hydrogen-bond acceptors (Lipinski definition) is 4. The van der Waals surface area contributed by atoms with Gasteiger partial charge in [-0.15, -0.1) is 11.3 Å². The quantitative estimate of drug-likeness (QED) is 0.683. The van der Waals surface area contributed by atoms with E-state index in [0.717, 1.165) is 9.40 Å². The molecule has 0 amide bonds. The molecule has 1 aromatic heterocycles. The van der Waals surface area contributed by atoms with Crippen molar-refractivity contribution in [3.63, 3.8) is 0 Å². The topological polar surface area (TPSA) is 57.2 Å². The molecule has 0 N–H and O–H groups in total. The first kappa shape index (κ1) is 13.8. The maximum absolute atomic E-state index is 12.6. The first-order valence-electron chi connectivity index (χ1n) is 6.59. The maximum atomic E-state index is 12.6. The van der Waals surface area contributed by atoms with Gasteiger partial charge in [-0.1, -0.05) is 32.0 Å². The van der Waals surface area contributed by atoms with Gasteiger partial charge in [0, 0.05) is 25.6 Å². The summed E-state index contributed by atoms with van der Waals surface area (Å²) in [6, 6.07) is 12.7. The Morgan fingerprint density at radius 1 is 1.05 bits per heavy atom. The highest BCUT2D eigenvalue weighted by Gasteiger charge is 2.22. The fourth-order valence-electron chi connectivity index (χ4n) is 2.31. The molecular formula is C17H13O3S-. The van der Waals surface area contributed by atoms with Crippen LogP contribution in [0.25, 0.3) is 20.2 Å². The molecule has 0 saturated heterocycles. The van der Waals surface area contributed by atoms with Crippen molar-refractivity contribution in [2.75, 3.05) is 0 Å². The van der Waals surface area contributed by atoms with Crippen LogP contribution in [0.5, 0.6) is 0 Å². The fourth-order valence-corrected chi connectivity index (χ4v) is 3.36. The lowest BCUT2D eigenvalue weighted by Crippen LogP contribution is -2.41. The summed E-state index contributed by atoms with van der Waals surface area (Å²) in [5, 5.41) is 12.5. The molecule has 0 spiro atoms. The van der Waals surface area contributed by atoms with Crippen LogP contribution in [0.2, 0.25) is 0 Å². The summed E-state index contributed by atoms with van der Waals surface area (Å²) in [4.78, 5) is 23.8. The lowest BCUT2D eigenvalue weighted by molar-refractivity contribution is -0.312. The zero-order valence-corrected chi connectivity index (χ0v) is 12.5. The van der Waals surface area contributed by atoms with Crippen molar-refractivity contribution in [1.82, 2.24) is 0 Å². The molecule has 0 bridgehead atoms. The van der Waals surface area contributed by atoms with E-state index >= 15 is 0 Å². The van der Waals surface area contributed by atoms with Crippen LogP contribution >= 0.6 is 11.3 Å². The van der Waals surface area contributed by atoms with Crippen LogP contribution in [-0.4, -0.2) is 5.97 Å². The molecule has 0 aliphatic heterocycles. The van der Waals surface area contributed by atoms with Gasteiger partial charge in [-0.2, -0.15) is 0 Å². The lowest BCUT2D eigenvalue weighted by Gasteiger charge is -2.26. The van der Waals surface area contributed by atoms with Crippen molar-refractivity contribution in [1.29, 1.82) is 0 Å². The Morgan fingerprint density at radius 2 is 1.71 bits per heavy atom. The molecule has 0 saturated carbocycles. The van der Waals surface area contributed by atoms with E-state index in [2.05, 4.69) is 0 Å². The van der Waals surface area contributed by atoms with Crippen molar-refractivity contribution in [2.45, 2.75) is 19.3 Å². The Hall–Kier alpha value is -2.20. The van der Waals surface area contributed by atoms with Crippen LogP contribution in [0.1, 0.15) is 19.4 Å². The number of benzene rings is 2. The minimum Gasteiger partial charge on any atom is -0.549 e. The van der Waals surface area contributed by atoms with E-state index in [1.54, 1.807) is 32.0 Å². The van der Waals surface area contributed by atoms with Crippen LogP contribution in [0, 0.1) is 0 Å².